The number of nitriles is 1. The van der Waals surface area contributed by atoms with Crippen molar-refractivity contribution in [3.05, 3.63) is 77.6 Å². The maximum absolute atomic E-state index is 9.35. The third kappa shape index (κ3) is 1.25. The first-order chi connectivity index (χ1) is 9.85. The van der Waals surface area contributed by atoms with Crippen molar-refractivity contribution < 1.29 is 4.74 Å². The van der Waals surface area contributed by atoms with Crippen molar-refractivity contribution in [1.82, 2.24) is 4.98 Å². The van der Waals surface area contributed by atoms with Crippen molar-refractivity contribution in [3.63, 3.8) is 0 Å². The van der Waals surface area contributed by atoms with Crippen molar-refractivity contribution in [3.8, 4) is 11.8 Å². The van der Waals surface area contributed by atoms with Crippen molar-refractivity contribution in [2.24, 2.45) is 0 Å². The molecule has 0 saturated carbocycles. The second-order valence-corrected chi connectivity index (χ2v) is 4.81. The highest BCUT2D eigenvalue weighted by molar-refractivity contribution is 5.87. The van der Waals surface area contributed by atoms with Gasteiger partial charge in [0.1, 0.15) is 5.75 Å². The van der Waals surface area contributed by atoms with Gasteiger partial charge in [0, 0.05) is 22.9 Å². The average Bonchev–Trinajstić information content (AvgIpc) is 3.04. The highest BCUT2D eigenvalue weighted by Gasteiger charge is 2.46. The Kier molecular flexibility index (Phi) is 2.10. The third-order valence-corrected chi connectivity index (χ3v) is 3.79. The van der Waals surface area contributed by atoms with Crippen LogP contribution in [0.25, 0.3) is 5.57 Å². The lowest BCUT2D eigenvalue weighted by atomic mass is 9.84. The van der Waals surface area contributed by atoms with E-state index in [-0.39, 0.29) is 0 Å². The van der Waals surface area contributed by atoms with E-state index in [1.54, 1.807) is 12.4 Å². The highest BCUT2D eigenvalue weighted by Crippen LogP contribution is 2.53. The molecule has 1 aliphatic carbocycles. The molecule has 0 fully saturated rings. The van der Waals surface area contributed by atoms with E-state index in [4.69, 9.17) is 4.74 Å². The maximum Gasteiger partial charge on any atom is 0.180 e. The van der Waals surface area contributed by atoms with Crippen molar-refractivity contribution in [2.75, 3.05) is 0 Å². The summed E-state index contributed by atoms with van der Waals surface area (Å²) in [6, 6.07) is 11.8. The van der Waals surface area contributed by atoms with E-state index in [1.165, 1.54) is 0 Å². The molecule has 20 heavy (non-hydrogen) atoms. The molecule has 1 atom stereocenters. The van der Waals surface area contributed by atoms with E-state index in [9.17, 15) is 5.26 Å². The molecule has 4 rings (SSSR count). The Labute approximate surface area is 116 Å². The summed E-state index contributed by atoms with van der Waals surface area (Å²) in [5.41, 5.74) is 2.93. The smallest absolute Gasteiger partial charge is 0.180 e. The van der Waals surface area contributed by atoms with Gasteiger partial charge in [0.05, 0.1) is 17.8 Å². The normalized spacial score (nSPS) is 21.6. The fraction of sp³-hybridized carbons (Fsp3) is 0.0588. The number of fused-ring (bicyclic) bond motifs is 3. The first-order valence-electron chi connectivity index (χ1n) is 6.38. The molecule has 1 aromatic carbocycles. The molecule has 94 valence electrons. The van der Waals surface area contributed by atoms with Gasteiger partial charge in [-0.1, -0.05) is 30.4 Å². The first kappa shape index (κ1) is 11.0. The largest absolute Gasteiger partial charge is 0.471 e. The van der Waals surface area contributed by atoms with Crippen molar-refractivity contribution in [2.45, 2.75) is 5.60 Å². The lowest BCUT2D eigenvalue weighted by Crippen LogP contribution is -2.27. The second kappa shape index (κ2) is 3.82. The van der Waals surface area contributed by atoms with E-state index in [0.29, 0.717) is 5.56 Å². The highest BCUT2D eigenvalue weighted by atomic mass is 16.5. The van der Waals surface area contributed by atoms with Crippen LogP contribution in [0.1, 0.15) is 16.7 Å². The van der Waals surface area contributed by atoms with Crippen molar-refractivity contribution >= 4 is 5.57 Å². The number of aromatic nitrogens is 1. The minimum absolute atomic E-state index is 0.630. The number of rotatable bonds is 1. The van der Waals surface area contributed by atoms with Gasteiger partial charge in [-0.05, 0) is 18.2 Å². The van der Waals surface area contributed by atoms with Crippen molar-refractivity contribution in [1.29, 1.82) is 5.26 Å². The molecule has 2 aromatic rings. The van der Waals surface area contributed by atoms with Gasteiger partial charge in [0.15, 0.2) is 5.60 Å². The Hall–Kier alpha value is -2.86. The standard InChI is InChI=1S/C17H10N2O/c18-10-12-4-1-2-5-14(12)17-8-3-6-15(17)13-7-9-19-11-16(13)20-17/h1-9,11H. The molecule has 3 heteroatoms. The molecule has 0 bridgehead atoms. The number of ether oxygens (including phenoxy) is 1. The summed E-state index contributed by atoms with van der Waals surface area (Å²) in [5, 5.41) is 9.35. The van der Waals surface area contributed by atoms with Crippen LogP contribution in [0.5, 0.6) is 5.75 Å². The van der Waals surface area contributed by atoms with Gasteiger partial charge < -0.3 is 4.74 Å². The topological polar surface area (TPSA) is 45.9 Å². The van der Waals surface area contributed by atoms with Gasteiger partial charge in [-0.3, -0.25) is 4.98 Å². The van der Waals surface area contributed by atoms with Crippen LogP contribution in [0.4, 0.5) is 0 Å². The molecule has 1 unspecified atom stereocenters. The molecule has 1 aromatic heterocycles. The molecule has 2 aliphatic rings. The Morgan fingerprint density at radius 2 is 2.10 bits per heavy atom. The summed E-state index contributed by atoms with van der Waals surface area (Å²) in [5.74, 6) is 0.760. The van der Waals surface area contributed by atoms with Crippen LogP contribution in [0.15, 0.2) is 61.0 Å². The van der Waals surface area contributed by atoms with E-state index in [1.807, 2.05) is 48.6 Å². The minimum Gasteiger partial charge on any atom is -0.471 e. The summed E-state index contributed by atoms with van der Waals surface area (Å²) in [4.78, 5) is 4.11. The van der Waals surface area contributed by atoms with E-state index in [0.717, 1.165) is 22.4 Å². The molecule has 0 spiro atoms. The zero-order valence-electron chi connectivity index (χ0n) is 10.6. The Bertz CT molecular complexity index is 814. The number of pyridine rings is 1. The van der Waals surface area contributed by atoms with Crippen LogP contribution in [0.3, 0.4) is 0 Å². The number of allylic oxidation sites excluding steroid dienone is 2. The van der Waals surface area contributed by atoms with Crippen LogP contribution in [-0.4, -0.2) is 4.98 Å². The number of hydrogen-bond acceptors (Lipinski definition) is 3. The molecule has 0 radical (unpaired) electrons. The molecule has 1 aliphatic heterocycles. The van der Waals surface area contributed by atoms with E-state index in [2.05, 4.69) is 11.1 Å². The monoisotopic (exact) mass is 258 g/mol. The SMILES string of the molecule is N#Cc1ccccc1C12C=CC=C1c1ccncc1O2. The summed E-state index contributed by atoms with van der Waals surface area (Å²) < 4.78 is 6.18. The van der Waals surface area contributed by atoms with Crippen LogP contribution < -0.4 is 4.74 Å². The fourth-order valence-electron chi connectivity index (χ4n) is 2.92. The summed E-state index contributed by atoms with van der Waals surface area (Å²) in [6.45, 7) is 0. The van der Waals surface area contributed by atoms with E-state index < -0.39 is 5.60 Å². The zero-order valence-corrected chi connectivity index (χ0v) is 10.6. The van der Waals surface area contributed by atoms with E-state index >= 15 is 0 Å². The van der Waals surface area contributed by atoms with Gasteiger partial charge in [-0.25, -0.2) is 0 Å². The molecule has 0 amide bonds. The lowest BCUT2D eigenvalue weighted by molar-refractivity contribution is 0.202. The third-order valence-electron chi connectivity index (χ3n) is 3.79. The number of nitrogens with zero attached hydrogens (tertiary/aromatic N) is 2. The summed E-state index contributed by atoms with van der Waals surface area (Å²) in [7, 11) is 0. The molecular formula is C17H10N2O. The molecule has 0 saturated heterocycles. The van der Waals surface area contributed by atoms with Crippen LogP contribution in [0, 0.1) is 11.3 Å². The quantitative estimate of drug-likeness (QED) is 0.789. The van der Waals surface area contributed by atoms with Crippen LogP contribution in [-0.2, 0) is 5.60 Å². The molecular weight excluding hydrogens is 248 g/mol. The zero-order chi connectivity index (χ0) is 13.6. The Morgan fingerprint density at radius 3 is 3.00 bits per heavy atom. The summed E-state index contributed by atoms with van der Waals surface area (Å²) in [6.07, 6.45) is 9.50. The van der Waals surface area contributed by atoms with Gasteiger partial charge in [-0.2, -0.15) is 5.26 Å². The molecule has 2 heterocycles. The van der Waals surface area contributed by atoms with Crippen LogP contribution >= 0.6 is 0 Å². The first-order valence-corrected chi connectivity index (χ1v) is 6.38. The predicted molar refractivity (Wildman–Crippen MR) is 74.8 cm³/mol. The Balaban J connectivity index is 1.98. The fourth-order valence-corrected chi connectivity index (χ4v) is 2.92. The Morgan fingerprint density at radius 1 is 1.20 bits per heavy atom. The van der Waals surface area contributed by atoms with Gasteiger partial charge in [0.25, 0.3) is 0 Å². The van der Waals surface area contributed by atoms with Gasteiger partial charge >= 0.3 is 0 Å². The van der Waals surface area contributed by atoms with Gasteiger partial charge in [-0.15, -0.1) is 0 Å². The minimum atomic E-state index is -0.683. The number of benzene rings is 1. The number of hydrogen-bond donors (Lipinski definition) is 0. The molecule has 0 N–H and O–H groups in total. The maximum atomic E-state index is 9.35. The van der Waals surface area contributed by atoms with Crippen LogP contribution in [0.2, 0.25) is 0 Å². The lowest BCUT2D eigenvalue weighted by Gasteiger charge is -2.26. The summed E-state index contributed by atoms with van der Waals surface area (Å²) >= 11 is 0. The second-order valence-electron chi connectivity index (χ2n) is 4.81. The average molecular weight is 258 g/mol. The molecule has 3 nitrogen and oxygen atoms in total. The van der Waals surface area contributed by atoms with Gasteiger partial charge in [0.2, 0.25) is 0 Å². The predicted octanol–water partition coefficient (Wildman–Crippen LogP) is 3.19.